The van der Waals surface area contributed by atoms with Gasteiger partial charge in [-0.25, -0.2) is 14.4 Å². The van der Waals surface area contributed by atoms with Crippen LogP contribution in [0.25, 0.3) is 11.4 Å². The molecule has 0 aliphatic heterocycles. The van der Waals surface area contributed by atoms with Gasteiger partial charge in [-0.15, -0.1) is 0 Å². The first-order chi connectivity index (χ1) is 8.49. The first-order valence-electron chi connectivity index (χ1n) is 5.19. The number of amides is 1. The van der Waals surface area contributed by atoms with E-state index in [1.54, 1.807) is 6.92 Å². The fraction of sp³-hybridized carbons (Fsp3) is 0.0833. The Labute approximate surface area is 103 Å². The summed E-state index contributed by atoms with van der Waals surface area (Å²) in [6.07, 6.45) is 0. The molecule has 0 fully saturated rings. The predicted octanol–water partition coefficient (Wildman–Crippen LogP) is 1.27. The van der Waals surface area contributed by atoms with Gasteiger partial charge in [0.05, 0.1) is 5.69 Å². The van der Waals surface area contributed by atoms with E-state index >= 15 is 0 Å². The molecule has 0 unspecified atom stereocenters. The van der Waals surface area contributed by atoms with Gasteiger partial charge in [-0.2, -0.15) is 0 Å². The van der Waals surface area contributed by atoms with Crippen LogP contribution in [0.15, 0.2) is 24.3 Å². The Kier molecular flexibility index (Phi) is 2.93. The molecule has 0 radical (unpaired) electrons. The van der Waals surface area contributed by atoms with Crippen LogP contribution in [0, 0.1) is 12.7 Å². The summed E-state index contributed by atoms with van der Waals surface area (Å²) in [4.78, 5) is 19.3. The van der Waals surface area contributed by atoms with Gasteiger partial charge in [-0.05, 0) is 31.2 Å². The van der Waals surface area contributed by atoms with Gasteiger partial charge >= 0.3 is 0 Å². The number of benzene rings is 1. The van der Waals surface area contributed by atoms with Gasteiger partial charge in [0.15, 0.2) is 5.82 Å². The Morgan fingerprint density at radius 2 is 1.83 bits per heavy atom. The van der Waals surface area contributed by atoms with Crippen LogP contribution in [0.5, 0.6) is 0 Å². The first-order valence-corrected chi connectivity index (χ1v) is 5.19. The second-order valence-corrected chi connectivity index (χ2v) is 3.76. The number of rotatable bonds is 2. The number of nitrogen functional groups attached to an aromatic ring is 1. The zero-order chi connectivity index (χ0) is 13.3. The van der Waals surface area contributed by atoms with Crippen LogP contribution in [-0.4, -0.2) is 15.9 Å². The van der Waals surface area contributed by atoms with E-state index in [0.717, 1.165) is 0 Å². The third kappa shape index (κ3) is 2.13. The van der Waals surface area contributed by atoms with Gasteiger partial charge in [0.25, 0.3) is 5.91 Å². The van der Waals surface area contributed by atoms with Crippen molar-refractivity contribution in [3.05, 3.63) is 41.3 Å². The fourth-order valence-electron chi connectivity index (χ4n) is 1.63. The second-order valence-electron chi connectivity index (χ2n) is 3.76. The molecule has 6 heteroatoms. The monoisotopic (exact) mass is 246 g/mol. The maximum absolute atomic E-state index is 12.8. The van der Waals surface area contributed by atoms with Gasteiger partial charge in [0.1, 0.15) is 17.2 Å². The molecule has 1 amide bonds. The molecule has 2 rings (SSSR count). The third-order valence-corrected chi connectivity index (χ3v) is 2.47. The van der Waals surface area contributed by atoms with Crippen LogP contribution in [0.4, 0.5) is 10.2 Å². The van der Waals surface area contributed by atoms with Gasteiger partial charge < -0.3 is 11.5 Å². The number of primary amides is 1. The van der Waals surface area contributed by atoms with Crippen molar-refractivity contribution in [2.75, 3.05) is 5.73 Å². The van der Waals surface area contributed by atoms with E-state index in [0.29, 0.717) is 17.1 Å². The maximum Gasteiger partial charge on any atom is 0.254 e. The number of aromatic nitrogens is 2. The van der Waals surface area contributed by atoms with Gasteiger partial charge in [0.2, 0.25) is 0 Å². The summed E-state index contributed by atoms with van der Waals surface area (Å²) in [6.45, 7) is 1.62. The summed E-state index contributed by atoms with van der Waals surface area (Å²) in [5, 5.41) is 0. The molecular formula is C12H11FN4O. The summed E-state index contributed by atoms with van der Waals surface area (Å²) in [5.74, 6) is -0.669. The summed E-state index contributed by atoms with van der Waals surface area (Å²) < 4.78 is 12.8. The van der Waals surface area contributed by atoms with Gasteiger partial charge in [-0.1, -0.05) is 0 Å². The van der Waals surface area contributed by atoms with E-state index in [2.05, 4.69) is 9.97 Å². The van der Waals surface area contributed by atoms with E-state index in [4.69, 9.17) is 11.5 Å². The number of nitrogens with two attached hydrogens (primary N) is 2. The number of carbonyl (C=O) groups is 1. The quantitative estimate of drug-likeness (QED) is 0.834. The van der Waals surface area contributed by atoms with E-state index in [1.165, 1.54) is 24.3 Å². The lowest BCUT2D eigenvalue weighted by atomic mass is 10.1. The average Bonchev–Trinajstić information content (AvgIpc) is 2.28. The molecule has 4 N–H and O–H groups in total. The van der Waals surface area contributed by atoms with E-state index < -0.39 is 5.91 Å². The van der Waals surface area contributed by atoms with E-state index in [-0.39, 0.29) is 17.2 Å². The standard InChI is InChI=1S/C12H11FN4O/c1-6-9(11(15)18)10(14)17-12(16-6)7-2-4-8(13)5-3-7/h2-5H,1H3,(H2,15,18)(H2,14,16,17). The molecule has 0 atom stereocenters. The molecule has 1 aromatic heterocycles. The average molecular weight is 246 g/mol. The number of hydrogen-bond donors (Lipinski definition) is 2. The minimum atomic E-state index is -0.671. The van der Waals surface area contributed by atoms with Crippen LogP contribution in [-0.2, 0) is 0 Å². The maximum atomic E-state index is 12.8. The highest BCUT2D eigenvalue weighted by Gasteiger charge is 2.14. The number of carbonyl (C=O) groups excluding carboxylic acids is 1. The summed E-state index contributed by atoms with van der Waals surface area (Å²) in [5.41, 5.74) is 12.0. The SMILES string of the molecule is Cc1nc(-c2ccc(F)cc2)nc(N)c1C(N)=O. The zero-order valence-electron chi connectivity index (χ0n) is 9.64. The van der Waals surface area contributed by atoms with Crippen molar-refractivity contribution in [1.29, 1.82) is 0 Å². The molecule has 0 saturated carbocycles. The molecule has 92 valence electrons. The fourth-order valence-corrected chi connectivity index (χ4v) is 1.63. The minimum Gasteiger partial charge on any atom is -0.383 e. The highest BCUT2D eigenvalue weighted by atomic mass is 19.1. The molecule has 0 saturated heterocycles. The van der Waals surface area contributed by atoms with Crippen LogP contribution >= 0.6 is 0 Å². The van der Waals surface area contributed by atoms with E-state index in [1.807, 2.05) is 0 Å². The molecule has 2 aromatic rings. The number of hydrogen-bond acceptors (Lipinski definition) is 4. The first kappa shape index (κ1) is 12.0. The Morgan fingerprint density at radius 3 is 2.33 bits per heavy atom. The molecule has 1 aromatic carbocycles. The number of nitrogens with zero attached hydrogens (tertiary/aromatic N) is 2. The lowest BCUT2D eigenvalue weighted by molar-refractivity contribution is 0.1000. The normalized spacial score (nSPS) is 10.3. The topological polar surface area (TPSA) is 94.9 Å². The summed E-state index contributed by atoms with van der Waals surface area (Å²) >= 11 is 0. The van der Waals surface area contributed by atoms with Crippen LogP contribution in [0.3, 0.4) is 0 Å². The zero-order valence-corrected chi connectivity index (χ0v) is 9.64. The van der Waals surface area contributed by atoms with Crippen molar-refractivity contribution in [3.63, 3.8) is 0 Å². The molecule has 0 bridgehead atoms. The molecule has 0 aliphatic rings. The van der Waals surface area contributed by atoms with Crippen molar-refractivity contribution >= 4 is 11.7 Å². The smallest absolute Gasteiger partial charge is 0.254 e. The minimum absolute atomic E-state index is 0.0225. The molecular weight excluding hydrogens is 235 g/mol. The van der Waals surface area contributed by atoms with Crippen LogP contribution in [0.2, 0.25) is 0 Å². The highest BCUT2D eigenvalue weighted by Crippen LogP contribution is 2.20. The lowest BCUT2D eigenvalue weighted by Crippen LogP contribution is -2.17. The van der Waals surface area contributed by atoms with Crippen molar-refractivity contribution in [3.8, 4) is 11.4 Å². The molecule has 0 aliphatic carbocycles. The Bertz CT molecular complexity index is 587. The second kappa shape index (κ2) is 4.40. The van der Waals surface area contributed by atoms with Crippen LogP contribution in [0.1, 0.15) is 16.1 Å². The lowest BCUT2D eigenvalue weighted by Gasteiger charge is -2.07. The van der Waals surface area contributed by atoms with Crippen molar-refractivity contribution in [1.82, 2.24) is 9.97 Å². The highest BCUT2D eigenvalue weighted by molar-refractivity contribution is 5.98. The van der Waals surface area contributed by atoms with E-state index in [9.17, 15) is 9.18 Å². The Morgan fingerprint density at radius 1 is 1.22 bits per heavy atom. The predicted molar refractivity (Wildman–Crippen MR) is 65.1 cm³/mol. The van der Waals surface area contributed by atoms with Gasteiger partial charge in [-0.3, -0.25) is 4.79 Å². The van der Waals surface area contributed by atoms with Crippen LogP contribution < -0.4 is 11.5 Å². The number of halogens is 1. The summed E-state index contributed by atoms with van der Waals surface area (Å²) in [7, 11) is 0. The Hall–Kier alpha value is -2.50. The van der Waals surface area contributed by atoms with Gasteiger partial charge in [0, 0.05) is 5.56 Å². The van der Waals surface area contributed by atoms with Crippen molar-refractivity contribution < 1.29 is 9.18 Å². The molecule has 18 heavy (non-hydrogen) atoms. The van der Waals surface area contributed by atoms with Crippen molar-refractivity contribution in [2.24, 2.45) is 5.73 Å². The molecule has 1 heterocycles. The number of aryl methyl sites for hydroxylation is 1. The Balaban J connectivity index is 2.54. The number of anilines is 1. The largest absolute Gasteiger partial charge is 0.383 e. The molecule has 5 nitrogen and oxygen atoms in total. The third-order valence-electron chi connectivity index (χ3n) is 2.47. The van der Waals surface area contributed by atoms with Crippen molar-refractivity contribution in [2.45, 2.75) is 6.92 Å². The summed E-state index contributed by atoms with van der Waals surface area (Å²) in [6, 6.07) is 5.67. The molecule has 0 spiro atoms.